The molecule has 0 amide bonds. The Bertz CT molecular complexity index is 899. The largest absolute Gasteiger partial charge is 0.394 e. The van der Waals surface area contributed by atoms with Gasteiger partial charge in [0.1, 0.15) is 80.0 Å². The van der Waals surface area contributed by atoms with E-state index in [0.29, 0.717) is 0 Å². The Balaban J connectivity index is 1.33. The van der Waals surface area contributed by atoms with E-state index in [4.69, 9.17) is 28.4 Å². The van der Waals surface area contributed by atoms with Crippen LogP contribution in [0.1, 0.15) is 0 Å². The van der Waals surface area contributed by atoms with Gasteiger partial charge in [-0.2, -0.15) is 0 Å². The monoisotopic (exact) mass is 585 g/mol. The van der Waals surface area contributed by atoms with Crippen molar-refractivity contribution in [1.29, 1.82) is 0 Å². The van der Waals surface area contributed by atoms with Gasteiger partial charge in [-0.3, -0.25) is 0 Å². The summed E-state index contributed by atoms with van der Waals surface area (Å²) < 4.78 is 33.7. The van der Waals surface area contributed by atoms with E-state index in [-0.39, 0.29) is 6.73 Å². The quantitative estimate of drug-likeness (QED) is 0.122. The number of aromatic nitrogens is 3. The fraction of sp³-hybridized carbons (Fsp3) is 0.905. The van der Waals surface area contributed by atoms with Crippen LogP contribution in [0.3, 0.4) is 0 Å². The smallest absolute Gasteiger partial charge is 0.188 e. The molecule has 3 fully saturated rings. The van der Waals surface area contributed by atoms with Gasteiger partial charge >= 0.3 is 0 Å². The molecule has 19 nitrogen and oxygen atoms in total. The van der Waals surface area contributed by atoms with Crippen molar-refractivity contribution in [3.63, 3.8) is 0 Å². The van der Waals surface area contributed by atoms with Gasteiger partial charge in [0, 0.05) is 6.20 Å². The molecule has 3 aliphatic heterocycles. The SMILES string of the molecule is OC[C@H]1O[C@@H](OC[C@H]2O[C@@H](OCC3O[C@@H](OCn4ccnn4)[C@H](O)[C@@H](O)[C@@H]3O)[C@H](O)[C@@H](O)[C@@H]2O)[C@H](O)[C@@H](O)[C@@H]1O. The molecule has 3 saturated heterocycles. The van der Waals surface area contributed by atoms with Crippen molar-refractivity contribution in [3.05, 3.63) is 12.4 Å². The summed E-state index contributed by atoms with van der Waals surface area (Å²) in [6, 6.07) is 0. The number of hydrogen-bond acceptors (Lipinski definition) is 18. The molecule has 15 atom stereocenters. The Hall–Kier alpha value is -1.50. The van der Waals surface area contributed by atoms with Crippen LogP contribution in [0.25, 0.3) is 0 Å². The molecule has 19 heteroatoms. The van der Waals surface area contributed by atoms with Gasteiger partial charge < -0.3 is 79.5 Å². The van der Waals surface area contributed by atoms with Crippen molar-refractivity contribution in [3.8, 4) is 0 Å². The molecule has 4 heterocycles. The Morgan fingerprint density at radius 3 is 1.43 bits per heavy atom. The first-order valence-electron chi connectivity index (χ1n) is 12.4. The molecule has 0 spiro atoms. The van der Waals surface area contributed by atoms with Crippen LogP contribution in [-0.4, -0.2) is 178 Å². The van der Waals surface area contributed by atoms with Crippen LogP contribution in [-0.2, 0) is 35.2 Å². The van der Waals surface area contributed by atoms with Crippen LogP contribution in [0.4, 0.5) is 0 Å². The van der Waals surface area contributed by atoms with Crippen LogP contribution in [0.15, 0.2) is 12.4 Å². The normalized spacial score (nSPS) is 46.4. The summed E-state index contributed by atoms with van der Waals surface area (Å²) in [6.45, 7) is -2.01. The van der Waals surface area contributed by atoms with Crippen molar-refractivity contribution in [2.45, 2.75) is 98.8 Å². The third-order valence-corrected chi connectivity index (χ3v) is 6.88. The summed E-state index contributed by atoms with van der Waals surface area (Å²) >= 11 is 0. The van der Waals surface area contributed by atoms with Crippen LogP contribution in [0.5, 0.6) is 0 Å². The van der Waals surface area contributed by atoms with Gasteiger partial charge in [0.25, 0.3) is 0 Å². The van der Waals surface area contributed by atoms with E-state index in [1.807, 2.05) is 0 Å². The predicted molar refractivity (Wildman–Crippen MR) is 120 cm³/mol. The molecule has 230 valence electrons. The number of rotatable bonds is 10. The zero-order valence-electron chi connectivity index (χ0n) is 20.9. The molecule has 40 heavy (non-hydrogen) atoms. The van der Waals surface area contributed by atoms with Crippen LogP contribution < -0.4 is 0 Å². The second kappa shape index (κ2) is 13.6. The summed E-state index contributed by atoms with van der Waals surface area (Å²) in [7, 11) is 0. The summed E-state index contributed by atoms with van der Waals surface area (Å²) in [5.74, 6) is 0. The molecular formula is C21H35N3O16. The van der Waals surface area contributed by atoms with Gasteiger partial charge in [0.05, 0.1) is 26.0 Å². The standard InChI is InChI=1S/C21H35N3O16/c25-3-7-10(26)13(29)16(32)19(38-7)35-4-8-11(27)14(30)17(33)20(39-8)36-5-9-12(28)15(31)18(34)21(40-9)37-6-24-2-1-22-23-24/h1-2,7-21,25-34H,3-6H2/t7-,8-,9?,10-,11-,12-,13+,14+,15+,16-,17-,18-,19-,20-,21-/m1/s1. The van der Waals surface area contributed by atoms with Crippen molar-refractivity contribution in [1.82, 2.24) is 15.0 Å². The van der Waals surface area contributed by atoms with Gasteiger partial charge in [-0.1, -0.05) is 5.21 Å². The summed E-state index contributed by atoms with van der Waals surface area (Å²) in [6.07, 6.45) is -21.0. The van der Waals surface area contributed by atoms with E-state index in [9.17, 15) is 51.1 Å². The fourth-order valence-electron chi connectivity index (χ4n) is 4.42. The van der Waals surface area contributed by atoms with Gasteiger partial charge in [-0.05, 0) is 0 Å². The topological polar surface area (TPSA) is 288 Å². The lowest BCUT2D eigenvalue weighted by Crippen LogP contribution is -2.62. The Morgan fingerprint density at radius 2 is 1.00 bits per heavy atom. The third-order valence-electron chi connectivity index (χ3n) is 6.88. The van der Waals surface area contributed by atoms with E-state index in [0.717, 1.165) is 0 Å². The van der Waals surface area contributed by atoms with Crippen LogP contribution >= 0.6 is 0 Å². The van der Waals surface area contributed by atoms with Gasteiger partial charge in [-0.15, -0.1) is 5.10 Å². The first-order valence-corrected chi connectivity index (χ1v) is 12.4. The maximum atomic E-state index is 10.4. The number of nitrogens with zero attached hydrogens (tertiary/aromatic N) is 3. The highest BCUT2D eigenvalue weighted by Crippen LogP contribution is 2.28. The van der Waals surface area contributed by atoms with Crippen molar-refractivity contribution < 1.29 is 79.5 Å². The maximum absolute atomic E-state index is 10.4. The fourth-order valence-corrected chi connectivity index (χ4v) is 4.42. The lowest BCUT2D eigenvalue weighted by atomic mass is 9.98. The number of ether oxygens (including phenoxy) is 6. The van der Waals surface area contributed by atoms with E-state index in [2.05, 4.69) is 10.3 Å². The zero-order valence-corrected chi connectivity index (χ0v) is 20.9. The Labute approximate surface area is 226 Å². The minimum absolute atomic E-state index is 0.206. The first-order chi connectivity index (χ1) is 19.0. The molecule has 4 rings (SSSR count). The summed E-state index contributed by atoms with van der Waals surface area (Å²) in [5.41, 5.74) is 0. The van der Waals surface area contributed by atoms with E-state index in [1.54, 1.807) is 0 Å². The molecule has 3 aliphatic rings. The van der Waals surface area contributed by atoms with E-state index >= 15 is 0 Å². The van der Waals surface area contributed by atoms with E-state index in [1.165, 1.54) is 17.1 Å². The van der Waals surface area contributed by atoms with Gasteiger partial charge in [0.2, 0.25) is 0 Å². The van der Waals surface area contributed by atoms with Crippen molar-refractivity contribution in [2.75, 3.05) is 19.8 Å². The Morgan fingerprint density at radius 1 is 0.575 bits per heavy atom. The second-order valence-corrected chi connectivity index (χ2v) is 9.63. The molecule has 1 aromatic rings. The van der Waals surface area contributed by atoms with Crippen LogP contribution in [0, 0.1) is 0 Å². The van der Waals surface area contributed by atoms with E-state index < -0.39 is 112 Å². The molecule has 0 saturated carbocycles. The molecule has 0 aromatic carbocycles. The van der Waals surface area contributed by atoms with Crippen molar-refractivity contribution >= 4 is 0 Å². The Kier molecular flexibility index (Phi) is 10.7. The molecule has 0 radical (unpaired) electrons. The minimum atomic E-state index is -1.80. The molecule has 0 aliphatic carbocycles. The molecule has 1 aromatic heterocycles. The highest BCUT2D eigenvalue weighted by Gasteiger charge is 2.49. The summed E-state index contributed by atoms with van der Waals surface area (Å²) in [4.78, 5) is 0. The molecule has 0 bridgehead atoms. The lowest BCUT2D eigenvalue weighted by Gasteiger charge is -2.43. The minimum Gasteiger partial charge on any atom is -0.394 e. The molecule has 1 unspecified atom stereocenters. The number of aliphatic hydroxyl groups is 10. The average Bonchev–Trinajstić information content (AvgIpc) is 3.47. The number of aliphatic hydroxyl groups excluding tert-OH is 10. The zero-order chi connectivity index (χ0) is 29.1. The second-order valence-electron chi connectivity index (χ2n) is 9.63. The van der Waals surface area contributed by atoms with Gasteiger partial charge in [0.15, 0.2) is 18.9 Å². The maximum Gasteiger partial charge on any atom is 0.188 e. The molecular weight excluding hydrogens is 550 g/mol. The highest BCUT2D eigenvalue weighted by molar-refractivity contribution is 4.93. The van der Waals surface area contributed by atoms with Gasteiger partial charge in [-0.25, -0.2) is 4.68 Å². The molecule has 10 N–H and O–H groups in total. The third kappa shape index (κ3) is 6.76. The predicted octanol–water partition coefficient (Wildman–Crippen LogP) is -7.30. The lowest BCUT2D eigenvalue weighted by molar-refractivity contribution is -0.344. The van der Waals surface area contributed by atoms with Crippen LogP contribution in [0.2, 0.25) is 0 Å². The first kappa shape index (κ1) is 31.4. The number of hydrogen-bond donors (Lipinski definition) is 10. The van der Waals surface area contributed by atoms with Crippen molar-refractivity contribution in [2.24, 2.45) is 0 Å². The average molecular weight is 586 g/mol. The highest BCUT2D eigenvalue weighted by atomic mass is 16.7. The summed E-state index contributed by atoms with van der Waals surface area (Å²) in [5, 5.41) is 108.